The number of aliphatic carboxylic acids is 2. The largest absolute Gasteiger partial charge is 0.478 e. The molecule has 0 atom stereocenters. The Labute approximate surface area is 113 Å². The van der Waals surface area contributed by atoms with E-state index in [1.54, 1.807) is 25.7 Å². The third kappa shape index (κ3) is 2.13. The first kappa shape index (κ1) is 15.3. The van der Waals surface area contributed by atoms with Gasteiger partial charge in [-0.15, -0.1) is 0 Å². The number of nitrogens with zero attached hydrogens (tertiary/aromatic N) is 1. The first-order valence-electron chi connectivity index (χ1n) is 6.39. The van der Waals surface area contributed by atoms with E-state index in [2.05, 4.69) is 0 Å². The average molecular weight is 267 g/mol. The van der Waals surface area contributed by atoms with Gasteiger partial charge in [0.25, 0.3) is 0 Å². The molecule has 1 aliphatic heterocycles. The highest BCUT2D eigenvalue weighted by molar-refractivity contribution is 5.97. The zero-order valence-electron chi connectivity index (χ0n) is 12.1. The Morgan fingerprint density at radius 3 is 1.63 bits per heavy atom. The highest BCUT2D eigenvalue weighted by atomic mass is 16.4. The van der Waals surface area contributed by atoms with Gasteiger partial charge in [-0.3, -0.25) is 0 Å². The van der Waals surface area contributed by atoms with Crippen LogP contribution in [0, 0.1) is 5.41 Å². The molecule has 0 aromatic carbocycles. The molecule has 1 rings (SSSR count). The van der Waals surface area contributed by atoms with Gasteiger partial charge >= 0.3 is 11.9 Å². The van der Waals surface area contributed by atoms with Crippen molar-refractivity contribution in [2.24, 2.45) is 5.41 Å². The van der Waals surface area contributed by atoms with Gasteiger partial charge in [0.2, 0.25) is 0 Å². The van der Waals surface area contributed by atoms with Gasteiger partial charge in [0.15, 0.2) is 0 Å². The maximum atomic E-state index is 11.6. The predicted molar refractivity (Wildman–Crippen MR) is 71.4 cm³/mol. The summed E-state index contributed by atoms with van der Waals surface area (Å²) in [6, 6.07) is 0. The van der Waals surface area contributed by atoms with E-state index in [-0.39, 0.29) is 11.1 Å². The fraction of sp³-hybridized carbons (Fsp3) is 0.571. The molecule has 0 amide bonds. The third-order valence-electron chi connectivity index (χ3n) is 4.09. The Morgan fingerprint density at radius 2 is 1.42 bits per heavy atom. The van der Waals surface area contributed by atoms with Crippen molar-refractivity contribution in [2.45, 2.75) is 41.0 Å². The van der Waals surface area contributed by atoms with Crippen LogP contribution in [0.25, 0.3) is 0 Å². The van der Waals surface area contributed by atoms with Gasteiger partial charge in [-0.05, 0) is 27.2 Å². The smallest absolute Gasteiger partial charge is 0.334 e. The Hall–Kier alpha value is -1.78. The van der Waals surface area contributed by atoms with Gasteiger partial charge in [0.1, 0.15) is 0 Å². The van der Waals surface area contributed by atoms with Crippen LogP contribution in [0.3, 0.4) is 0 Å². The molecule has 0 fully saturated rings. The Morgan fingerprint density at radius 1 is 1.05 bits per heavy atom. The van der Waals surface area contributed by atoms with Crippen LogP contribution >= 0.6 is 0 Å². The molecule has 0 radical (unpaired) electrons. The zero-order valence-corrected chi connectivity index (χ0v) is 12.1. The Balaban J connectivity index is 3.68. The van der Waals surface area contributed by atoms with Crippen molar-refractivity contribution in [3.05, 3.63) is 22.5 Å². The van der Waals surface area contributed by atoms with Crippen molar-refractivity contribution < 1.29 is 19.8 Å². The lowest BCUT2D eigenvalue weighted by atomic mass is 9.69. The maximum Gasteiger partial charge on any atom is 0.334 e. The summed E-state index contributed by atoms with van der Waals surface area (Å²) in [6.07, 6.45) is 0.433. The van der Waals surface area contributed by atoms with Crippen LogP contribution in [-0.2, 0) is 9.59 Å². The van der Waals surface area contributed by atoms with Crippen molar-refractivity contribution in [3.63, 3.8) is 0 Å². The van der Waals surface area contributed by atoms with Gasteiger partial charge in [0, 0.05) is 23.4 Å². The first-order chi connectivity index (χ1) is 8.72. The molecule has 5 heteroatoms. The van der Waals surface area contributed by atoms with E-state index < -0.39 is 17.4 Å². The molecule has 0 aromatic heterocycles. The number of carbonyl (C=O) groups is 2. The molecule has 0 aromatic rings. The van der Waals surface area contributed by atoms with Crippen LogP contribution in [0.4, 0.5) is 0 Å². The maximum absolute atomic E-state index is 11.6. The topological polar surface area (TPSA) is 77.8 Å². The average Bonchev–Trinajstić information content (AvgIpc) is 2.27. The zero-order chi connectivity index (χ0) is 15.0. The summed E-state index contributed by atoms with van der Waals surface area (Å²) in [6.45, 7) is 9.41. The normalized spacial score (nSPS) is 18.9. The summed E-state index contributed by atoms with van der Waals surface area (Å²) in [5.74, 6) is -2.10. The minimum absolute atomic E-state index is 0.180. The van der Waals surface area contributed by atoms with E-state index >= 15 is 0 Å². The van der Waals surface area contributed by atoms with E-state index in [0.717, 1.165) is 0 Å². The summed E-state index contributed by atoms with van der Waals surface area (Å²) >= 11 is 0. The molecule has 0 bridgehead atoms. The number of allylic oxidation sites excluding steroid dienone is 2. The molecule has 106 valence electrons. The van der Waals surface area contributed by atoms with Gasteiger partial charge in [0.05, 0.1) is 11.1 Å². The number of hydrogen-bond donors (Lipinski definition) is 2. The molecule has 0 unspecified atom stereocenters. The number of carboxylic acid groups (broad SMARTS) is 2. The van der Waals surface area contributed by atoms with Gasteiger partial charge in [-0.2, -0.15) is 0 Å². The van der Waals surface area contributed by atoms with Crippen molar-refractivity contribution >= 4 is 11.9 Å². The Bertz CT molecular complexity index is 450. The standard InChI is InChI=1S/C14H21NO4/c1-6-14(5)10(12(16)17)8(3)15(7-2)9(4)11(14)13(18)19/h6-7H2,1-5H3,(H,16,17)(H,18,19). The van der Waals surface area contributed by atoms with Crippen molar-refractivity contribution in [3.8, 4) is 0 Å². The summed E-state index contributed by atoms with van der Waals surface area (Å²) in [5, 5.41) is 18.9. The molecule has 1 heterocycles. The molecule has 0 aliphatic carbocycles. The molecule has 5 nitrogen and oxygen atoms in total. The highest BCUT2D eigenvalue weighted by Crippen LogP contribution is 2.46. The summed E-state index contributed by atoms with van der Waals surface area (Å²) in [5.41, 5.74) is 0.653. The molecule has 1 aliphatic rings. The molecule has 0 saturated heterocycles. The van der Waals surface area contributed by atoms with Crippen LogP contribution < -0.4 is 0 Å². The summed E-state index contributed by atoms with van der Waals surface area (Å²) < 4.78 is 0. The number of carboxylic acids is 2. The second kappa shape index (κ2) is 5.07. The quantitative estimate of drug-likeness (QED) is 0.818. The van der Waals surface area contributed by atoms with Gasteiger partial charge in [-0.25, -0.2) is 9.59 Å². The molecule has 2 N–H and O–H groups in total. The molecule has 19 heavy (non-hydrogen) atoms. The molecular weight excluding hydrogens is 246 g/mol. The van der Waals surface area contributed by atoms with Crippen LogP contribution in [0.15, 0.2) is 22.5 Å². The lowest BCUT2D eigenvalue weighted by molar-refractivity contribution is -0.135. The van der Waals surface area contributed by atoms with Crippen LogP contribution in [0.2, 0.25) is 0 Å². The number of hydrogen-bond acceptors (Lipinski definition) is 3. The van der Waals surface area contributed by atoms with Gasteiger partial charge in [-0.1, -0.05) is 13.8 Å². The summed E-state index contributed by atoms with van der Waals surface area (Å²) in [7, 11) is 0. The van der Waals surface area contributed by atoms with Crippen molar-refractivity contribution in [1.29, 1.82) is 0 Å². The lowest BCUT2D eigenvalue weighted by Gasteiger charge is -2.41. The van der Waals surface area contributed by atoms with Crippen molar-refractivity contribution in [1.82, 2.24) is 4.90 Å². The minimum Gasteiger partial charge on any atom is -0.478 e. The van der Waals surface area contributed by atoms with E-state index in [1.165, 1.54) is 0 Å². The molecular formula is C14H21NO4. The monoisotopic (exact) mass is 267 g/mol. The molecule has 0 spiro atoms. The fourth-order valence-corrected chi connectivity index (χ4v) is 3.05. The van der Waals surface area contributed by atoms with Crippen LogP contribution in [-0.4, -0.2) is 33.6 Å². The lowest BCUT2D eigenvalue weighted by Crippen LogP contribution is -2.41. The highest BCUT2D eigenvalue weighted by Gasteiger charge is 2.45. The van der Waals surface area contributed by atoms with Crippen molar-refractivity contribution in [2.75, 3.05) is 6.54 Å². The second-order valence-corrected chi connectivity index (χ2v) is 4.96. The fourth-order valence-electron chi connectivity index (χ4n) is 3.05. The predicted octanol–water partition coefficient (Wildman–Crippen LogP) is 2.46. The Kier molecular flexibility index (Phi) is 4.08. The van der Waals surface area contributed by atoms with Crippen LogP contribution in [0.1, 0.15) is 41.0 Å². The van der Waals surface area contributed by atoms with E-state index in [9.17, 15) is 19.8 Å². The van der Waals surface area contributed by atoms with E-state index in [4.69, 9.17) is 0 Å². The third-order valence-corrected chi connectivity index (χ3v) is 4.09. The van der Waals surface area contributed by atoms with E-state index in [1.807, 2.05) is 13.8 Å². The SMILES string of the molecule is CCN1C(C)=C(C(=O)O)C(C)(CC)C(C(=O)O)=C1C. The molecule has 0 saturated carbocycles. The van der Waals surface area contributed by atoms with Crippen LogP contribution in [0.5, 0.6) is 0 Å². The minimum atomic E-state index is -1.05. The first-order valence-corrected chi connectivity index (χ1v) is 6.39. The summed E-state index contributed by atoms with van der Waals surface area (Å²) in [4.78, 5) is 24.9. The number of rotatable bonds is 4. The van der Waals surface area contributed by atoms with E-state index in [0.29, 0.717) is 24.4 Å². The second-order valence-electron chi connectivity index (χ2n) is 4.96. The van der Waals surface area contributed by atoms with Gasteiger partial charge < -0.3 is 15.1 Å².